The van der Waals surface area contributed by atoms with Crippen LogP contribution in [0.15, 0.2) is 22.4 Å². The van der Waals surface area contributed by atoms with Crippen LogP contribution in [0, 0.1) is 0 Å². The maximum Gasteiger partial charge on any atom is 0.0844 e. The Hall–Kier alpha value is -0.720. The molecule has 0 aliphatic heterocycles. The van der Waals surface area contributed by atoms with Crippen LogP contribution in [0.2, 0.25) is 0 Å². The topological polar surface area (TPSA) is 56.7 Å². The Morgan fingerprint density at radius 1 is 1.57 bits per heavy atom. The SMILES string of the molecule is Cn1ncc(Br)c1C(N)c1cncs1. The van der Waals surface area contributed by atoms with Crippen molar-refractivity contribution in [3.05, 3.63) is 32.9 Å². The molecule has 2 heterocycles. The van der Waals surface area contributed by atoms with Gasteiger partial charge in [-0.15, -0.1) is 11.3 Å². The van der Waals surface area contributed by atoms with E-state index in [1.54, 1.807) is 33.9 Å². The second-order valence-electron chi connectivity index (χ2n) is 2.88. The third kappa shape index (κ3) is 1.60. The van der Waals surface area contributed by atoms with E-state index in [2.05, 4.69) is 26.0 Å². The van der Waals surface area contributed by atoms with Crippen LogP contribution in [0.1, 0.15) is 16.6 Å². The first-order valence-electron chi connectivity index (χ1n) is 4.01. The highest BCUT2D eigenvalue weighted by Crippen LogP contribution is 2.27. The van der Waals surface area contributed by atoms with Crippen LogP contribution in [0.4, 0.5) is 0 Å². The highest BCUT2D eigenvalue weighted by molar-refractivity contribution is 9.10. The van der Waals surface area contributed by atoms with Gasteiger partial charge in [0.1, 0.15) is 0 Å². The van der Waals surface area contributed by atoms with Crippen LogP contribution in [0.25, 0.3) is 0 Å². The van der Waals surface area contributed by atoms with Crippen molar-refractivity contribution in [2.24, 2.45) is 12.8 Å². The molecule has 74 valence electrons. The quantitative estimate of drug-likeness (QED) is 0.905. The maximum absolute atomic E-state index is 6.09. The van der Waals surface area contributed by atoms with Gasteiger partial charge >= 0.3 is 0 Å². The smallest absolute Gasteiger partial charge is 0.0844 e. The number of hydrogen-bond donors (Lipinski definition) is 1. The summed E-state index contributed by atoms with van der Waals surface area (Å²) in [6.07, 6.45) is 3.53. The van der Waals surface area contributed by atoms with Gasteiger partial charge in [0.05, 0.1) is 27.9 Å². The van der Waals surface area contributed by atoms with Gasteiger partial charge in [-0.05, 0) is 15.9 Å². The summed E-state index contributed by atoms with van der Waals surface area (Å²) in [4.78, 5) is 5.04. The fourth-order valence-electron chi connectivity index (χ4n) is 1.28. The van der Waals surface area contributed by atoms with E-state index in [0.29, 0.717) is 0 Å². The van der Waals surface area contributed by atoms with Gasteiger partial charge in [0, 0.05) is 18.1 Å². The molecule has 0 bridgehead atoms. The number of thiazole rings is 1. The number of nitrogens with zero attached hydrogens (tertiary/aromatic N) is 3. The van der Waals surface area contributed by atoms with E-state index >= 15 is 0 Å². The molecule has 2 rings (SSSR count). The van der Waals surface area contributed by atoms with Crippen LogP contribution in [0.5, 0.6) is 0 Å². The average molecular weight is 273 g/mol. The highest BCUT2D eigenvalue weighted by atomic mass is 79.9. The van der Waals surface area contributed by atoms with Crippen LogP contribution >= 0.6 is 27.3 Å². The lowest BCUT2D eigenvalue weighted by Crippen LogP contribution is -2.15. The molecule has 2 N–H and O–H groups in total. The maximum atomic E-state index is 6.09. The lowest BCUT2D eigenvalue weighted by molar-refractivity contribution is 0.675. The molecule has 14 heavy (non-hydrogen) atoms. The zero-order valence-electron chi connectivity index (χ0n) is 7.51. The fraction of sp³-hybridized carbons (Fsp3) is 0.250. The summed E-state index contributed by atoms with van der Waals surface area (Å²) in [6.45, 7) is 0. The summed E-state index contributed by atoms with van der Waals surface area (Å²) < 4.78 is 2.70. The van der Waals surface area contributed by atoms with Crippen molar-refractivity contribution in [2.75, 3.05) is 0 Å². The molecule has 2 aromatic rings. The molecule has 0 aromatic carbocycles. The summed E-state index contributed by atoms with van der Waals surface area (Å²) in [7, 11) is 1.88. The molecule has 1 unspecified atom stereocenters. The molecule has 0 aliphatic rings. The molecule has 2 aromatic heterocycles. The molecule has 6 heteroatoms. The van der Waals surface area contributed by atoms with E-state index in [0.717, 1.165) is 15.0 Å². The highest BCUT2D eigenvalue weighted by Gasteiger charge is 2.17. The first-order chi connectivity index (χ1) is 6.70. The second kappa shape index (κ2) is 3.80. The van der Waals surface area contributed by atoms with Crippen LogP contribution in [0.3, 0.4) is 0 Å². The Morgan fingerprint density at radius 2 is 2.36 bits per heavy atom. The van der Waals surface area contributed by atoms with Crippen LogP contribution in [-0.4, -0.2) is 14.8 Å². The van der Waals surface area contributed by atoms with Crippen molar-refractivity contribution < 1.29 is 0 Å². The minimum Gasteiger partial charge on any atom is -0.318 e. The largest absolute Gasteiger partial charge is 0.318 e. The first-order valence-corrected chi connectivity index (χ1v) is 5.68. The number of nitrogens with two attached hydrogens (primary N) is 1. The monoisotopic (exact) mass is 272 g/mol. The Balaban J connectivity index is 2.41. The predicted molar refractivity (Wildman–Crippen MR) is 59.1 cm³/mol. The van der Waals surface area contributed by atoms with E-state index < -0.39 is 0 Å². The number of halogens is 1. The van der Waals surface area contributed by atoms with Gasteiger partial charge in [-0.25, -0.2) is 0 Å². The van der Waals surface area contributed by atoms with Gasteiger partial charge in [-0.3, -0.25) is 9.67 Å². The zero-order valence-corrected chi connectivity index (χ0v) is 9.92. The summed E-state index contributed by atoms with van der Waals surface area (Å²) in [5.41, 5.74) is 8.83. The van der Waals surface area contributed by atoms with Gasteiger partial charge in [0.2, 0.25) is 0 Å². The van der Waals surface area contributed by atoms with E-state index in [1.165, 1.54) is 0 Å². The van der Waals surface area contributed by atoms with Crippen molar-refractivity contribution in [3.63, 3.8) is 0 Å². The summed E-state index contributed by atoms with van der Waals surface area (Å²) in [5.74, 6) is 0. The molecule has 0 aliphatic carbocycles. The standard InChI is InChI=1S/C8H9BrN4S/c1-13-8(5(9)2-12-13)7(10)6-3-11-4-14-6/h2-4,7H,10H2,1H3. The molecule has 4 nitrogen and oxygen atoms in total. The minimum absolute atomic E-state index is 0.163. The van der Waals surface area contributed by atoms with Crippen molar-refractivity contribution in [1.29, 1.82) is 0 Å². The van der Waals surface area contributed by atoms with E-state index in [-0.39, 0.29) is 6.04 Å². The van der Waals surface area contributed by atoms with E-state index in [4.69, 9.17) is 5.73 Å². The minimum atomic E-state index is -0.163. The molecule has 0 saturated heterocycles. The Bertz CT molecular complexity index is 403. The number of aromatic nitrogens is 3. The van der Waals surface area contributed by atoms with Crippen molar-refractivity contribution in [3.8, 4) is 0 Å². The summed E-state index contributed by atoms with van der Waals surface area (Å²) in [5, 5.41) is 4.12. The van der Waals surface area contributed by atoms with Gasteiger partial charge in [-0.1, -0.05) is 0 Å². The van der Waals surface area contributed by atoms with Crippen molar-refractivity contribution in [1.82, 2.24) is 14.8 Å². The lowest BCUT2D eigenvalue weighted by atomic mass is 10.2. The molecule has 0 amide bonds. The number of aryl methyl sites for hydroxylation is 1. The van der Waals surface area contributed by atoms with Crippen LogP contribution < -0.4 is 5.73 Å². The van der Waals surface area contributed by atoms with E-state index in [9.17, 15) is 0 Å². The molecule has 0 fully saturated rings. The van der Waals surface area contributed by atoms with Crippen LogP contribution in [-0.2, 0) is 7.05 Å². The molecule has 0 radical (unpaired) electrons. The zero-order chi connectivity index (χ0) is 10.1. The Labute approximate surface area is 93.9 Å². The first kappa shape index (κ1) is 9.82. The van der Waals surface area contributed by atoms with Gasteiger partial charge in [-0.2, -0.15) is 5.10 Å². The molecule has 0 saturated carbocycles. The second-order valence-corrected chi connectivity index (χ2v) is 4.66. The Morgan fingerprint density at radius 3 is 2.86 bits per heavy atom. The molecule has 1 atom stereocenters. The third-order valence-electron chi connectivity index (χ3n) is 1.99. The van der Waals surface area contributed by atoms with Gasteiger partial charge < -0.3 is 5.73 Å². The summed E-state index contributed by atoms with van der Waals surface area (Å²) in [6, 6.07) is -0.163. The fourth-order valence-corrected chi connectivity index (χ4v) is 2.50. The molecule has 0 spiro atoms. The van der Waals surface area contributed by atoms with Crippen molar-refractivity contribution >= 4 is 27.3 Å². The summed E-state index contributed by atoms with van der Waals surface area (Å²) >= 11 is 4.97. The predicted octanol–water partition coefficient (Wildman–Crippen LogP) is 1.69. The van der Waals surface area contributed by atoms with Crippen molar-refractivity contribution in [2.45, 2.75) is 6.04 Å². The number of hydrogen-bond acceptors (Lipinski definition) is 4. The molecular formula is C8H9BrN4S. The average Bonchev–Trinajstić information content (AvgIpc) is 2.75. The van der Waals surface area contributed by atoms with Gasteiger partial charge in [0.15, 0.2) is 0 Å². The van der Waals surface area contributed by atoms with E-state index in [1.807, 2.05) is 7.05 Å². The normalized spacial score (nSPS) is 13.1. The lowest BCUT2D eigenvalue weighted by Gasteiger charge is -2.10. The third-order valence-corrected chi connectivity index (χ3v) is 3.46. The Kier molecular flexibility index (Phi) is 2.66. The van der Waals surface area contributed by atoms with Gasteiger partial charge in [0.25, 0.3) is 0 Å². The number of rotatable bonds is 2. The molecular weight excluding hydrogens is 264 g/mol.